The first-order chi connectivity index (χ1) is 11.3. The minimum Gasteiger partial charge on any atom is -0.504 e. The van der Waals surface area contributed by atoms with Gasteiger partial charge in [0.05, 0.1) is 12.7 Å². The highest BCUT2D eigenvalue weighted by Gasteiger charge is 2.32. The van der Waals surface area contributed by atoms with Crippen molar-refractivity contribution in [1.29, 1.82) is 0 Å². The number of carbonyl (C=O) groups is 1. The summed E-state index contributed by atoms with van der Waals surface area (Å²) >= 11 is 0. The number of fused-ring (bicyclic) bond motifs is 1. The Morgan fingerprint density at radius 1 is 1.21 bits per heavy atom. The topological polar surface area (TPSA) is 103 Å². The molecule has 0 spiro atoms. The summed E-state index contributed by atoms with van der Waals surface area (Å²) in [6.07, 6.45) is 0.0639. The largest absolute Gasteiger partial charge is 0.504 e. The summed E-state index contributed by atoms with van der Waals surface area (Å²) in [5.41, 5.74) is 0.0246. The quantitative estimate of drug-likeness (QED) is 0.822. The van der Waals surface area contributed by atoms with E-state index in [9.17, 15) is 19.5 Å². The molecular formula is C16H17N3O5. The van der Waals surface area contributed by atoms with E-state index in [0.29, 0.717) is 11.1 Å². The van der Waals surface area contributed by atoms with Gasteiger partial charge in [0, 0.05) is 26.4 Å². The van der Waals surface area contributed by atoms with E-state index in [2.05, 4.69) is 5.32 Å². The molecule has 0 aliphatic carbocycles. The zero-order valence-electron chi connectivity index (χ0n) is 13.5. The van der Waals surface area contributed by atoms with Gasteiger partial charge in [-0.2, -0.15) is 0 Å². The van der Waals surface area contributed by atoms with E-state index in [4.69, 9.17) is 4.74 Å². The molecule has 2 heterocycles. The number of aromatic nitrogens is 2. The molecule has 8 nitrogen and oxygen atoms in total. The second-order valence-electron chi connectivity index (χ2n) is 5.70. The van der Waals surface area contributed by atoms with E-state index in [1.54, 1.807) is 12.1 Å². The molecule has 3 rings (SSSR count). The average Bonchev–Trinajstić information content (AvgIpc) is 2.57. The van der Waals surface area contributed by atoms with Gasteiger partial charge < -0.3 is 15.2 Å². The number of aromatic hydroxyl groups is 1. The molecule has 1 aliphatic rings. The highest BCUT2D eigenvalue weighted by molar-refractivity contribution is 5.94. The Labute approximate surface area is 136 Å². The summed E-state index contributed by atoms with van der Waals surface area (Å²) in [7, 11) is 4.32. The molecule has 1 aliphatic heterocycles. The monoisotopic (exact) mass is 331 g/mol. The predicted octanol–water partition coefficient (Wildman–Crippen LogP) is 0.272. The summed E-state index contributed by atoms with van der Waals surface area (Å²) in [5, 5.41) is 12.4. The van der Waals surface area contributed by atoms with E-state index in [-0.39, 0.29) is 29.6 Å². The fraction of sp³-hybridized carbons (Fsp3) is 0.312. The molecule has 1 aromatic heterocycles. The summed E-state index contributed by atoms with van der Waals surface area (Å²) < 4.78 is 7.36. The molecule has 24 heavy (non-hydrogen) atoms. The number of hydrogen-bond acceptors (Lipinski definition) is 5. The van der Waals surface area contributed by atoms with Crippen LogP contribution in [0.25, 0.3) is 0 Å². The Balaban J connectivity index is 2.29. The number of nitrogens with one attached hydrogen (secondary N) is 1. The van der Waals surface area contributed by atoms with Gasteiger partial charge in [-0.1, -0.05) is 6.07 Å². The first-order valence-electron chi connectivity index (χ1n) is 7.31. The van der Waals surface area contributed by atoms with Gasteiger partial charge in [-0.3, -0.25) is 18.7 Å². The maximum atomic E-state index is 12.6. The lowest BCUT2D eigenvalue weighted by molar-refractivity contribution is -0.116. The molecule has 1 unspecified atom stereocenters. The minimum atomic E-state index is -0.534. The van der Waals surface area contributed by atoms with Crippen molar-refractivity contribution in [3.63, 3.8) is 0 Å². The summed E-state index contributed by atoms with van der Waals surface area (Å²) in [6.45, 7) is 0. The molecule has 0 fully saturated rings. The van der Waals surface area contributed by atoms with Crippen LogP contribution < -0.4 is 21.3 Å². The smallest absolute Gasteiger partial charge is 0.332 e. The van der Waals surface area contributed by atoms with E-state index in [0.717, 1.165) is 4.57 Å². The molecule has 0 radical (unpaired) electrons. The van der Waals surface area contributed by atoms with Gasteiger partial charge in [0.2, 0.25) is 5.91 Å². The molecule has 1 atom stereocenters. The van der Waals surface area contributed by atoms with Crippen molar-refractivity contribution in [3.05, 3.63) is 50.2 Å². The van der Waals surface area contributed by atoms with Gasteiger partial charge in [-0.05, 0) is 17.7 Å². The van der Waals surface area contributed by atoms with Gasteiger partial charge in [0.1, 0.15) is 5.82 Å². The van der Waals surface area contributed by atoms with E-state index in [1.165, 1.54) is 31.8 Å². The molecule has 2 aromatic rings. The van der Waals surface area contributed by atoms with E-state index >= 15 is 0 Å². The second-order valence-corrected chi connectivity index (χ2v) is 5.70. The number of anilines is 1. The van der Waals surface area contributed by atoms with E-state index < -0.39 is 17.2 Å². The lowest BCUT2D eigenvalue weighted by atomic mass is 9.86. The number of phenols is 1. The van der Waals surface area contributed by atoms with Crippen LogP contribution in [0, 0.1) is 0 Å². The number of ether oxygens (including phenoxy) is 1. The van der Waals surface area contributed by atoms with E-state index in [1.807, 2.05) is 0 Å². The molecule has 1 aromatic carbocycles. The number of benzene rings is 1. The van der Waals surface area contributed by atoms with Crippen molar-refractivity contribution in [1.82, 2.24) is 9.13 Å². The third-order valence-electron chi connectivity index (χ3n) is 4.30. The molecule has 0 bridgehead atoms. The zero-order valence-corrected chi connectivity index (χ0v) is 13.5. The fourth-order valence-electron chi connectivity index (χ4n) is 3.00. The number of phenolic OH excluding ortho intramolecular Hbond substituents is 1. The van der Waals surface area contributed by atoms with Crippen molar-refractivity contribution >= 4 is 11.7 Å². The van der Waals surface area contributed by atoms with Crippen LogP contribution in [0.5, 0.6) is 11.5 Å². The molecule has 8 heteroatoms. The Hall–Kier alpha value is -3.03. The average molecular weight is 331 g/mol. The summed E-state index contributed by atoms with van der Waals surface area (Å²) in [4.78, 5) is 36.8. The maximum Gasteiger partial charge on any atom is 0.332 e. The SMILES string of the molecule is COc1cc(C2CC(=O)Nc3c2c(=O)n(C)c(=O)n3C)ccc1O. The van der Waals surface area contributed by atoms with Gasteiger partial charge in [-0.25, -0.2) is 4.79 Å². The predicted molar refractivity (Wildman–Crippen MR) is 86.7 cm³/mol. The van der Waals surface area contributed by atoms with Gasteiger partial charge in [0.25, 0.3) is 5.56 Å². The van der Waals surface area contributed by atoms with Gasteiger partial charge in [0.15, 0.2) is 11.5 Å². The number of carbonyl (C=O) groups excluding carboxylic acids is 1. The number of methoxy groups -OCH3 is 1. The summed E-state index contributed by atoms with van der Waals surface area (Å²) in [5.74, 6) is -0.398. The van der Waals surface area contributed by atoms with Crippen molar-refractivity contribution in [3.8, 4) is 11.5 Å². The third-order valence-corrected chi connectivity index (χ3v) is 4.30. The van der Waals surface area contributed by atoms with Crippen LogP contribution in [0.4, 0.5) is 5.82 Å². The molecule has 0 saturated carbocycles. The van der Waals surface area contributed by atoms with Crippen molar-refractivity contribution in [2.45, 2.75) is 12.3 Å². The lowest BCUT2D eigenvalue weighted by Gasteiger charge is -2.27. The Morgan fingerprint density at radius 3 is 2.58 bits per heavy atom. The molecule has 0 saturated heterocycles. The second kappa shape index (κ2) is 5.55. The standard InChI is InChI=1S/C16H17N3O5/c1-18-14-13(15(22)19(2)16(18)23)9(7-12(21)17-14)8-4-5-10(20)11(6-8)24-3/h4-6,9,20H,7H2,1-3H3,(H,17,21). The fourth-order valence-corrected chi connectivity index (χ4v) is 3.00. The zero-order chi connectivity index (χ0) is 17.6. The van der Waals surface area contributed by atoms with Gasteiger partial charge >= 0.3 is 5.69 Å². The lowest BCUT2D eigenvalue weighted by Crippen LogP contribution is -2.44. The van der Waals surface area contributed by atoms with Crippen LogP contribution in [-0.2, 0) is 18.9 Å². The number of amides is 1. The first kappa shape index (κ1) is 15.9. The Bertz CT molecular complexity index is 957. The Kier molecular flexibility index (Phi) is 3.67. The number of rotatable bonds is 2. The minimum absolute atomic E-state index is 0.0323. The highest BCUT2D eigenvalue weighted by Crippen LogP contribution is 2.37. The van der Waals surface area contributed by atoms with Crippen LogP contribution in [-0.4, -0.2) is 27.3 Å². The van der Waals surface area contributed by atoms with Crippen molar-refractivity contribution < 1.29 is 14.6 Å². The number of hydrogen-bond donors (Lipinski definition) is 2. The van der Waals surface area contributed by atoms with Crippen LogP contribution in [0.1, 0.15) is 23.5 Å². The molecule has 2 N–H and O–H groups in total. The summed E-state index contributed by atoms with van der Waals surface area (Å²) in [6, 6.07) is 4.68. The van der Waals surface area contributed by atoms with Crippen LogP contribution in [0.15, 0.2) is 27.8 Å². The molecular weight excluding hydrogens is 314 g/mol. The first-order valence-corrected chi connectivity index (χ1v) is 7.31. The van der Waals surface area contributed by atoms with Crippen LogP contribution >= 0.6 is 0 Å². The Morgan fingerprint density at radius 2 is 1.92 bits per heavy atom. The van der Waals surface area contributed by atoms with Crippen molar-refractivity contribution in [2.24, 2.45) is 14.1 Å². The van der Waals surface area contributed by atoms with Gasteiger partial charge in [-0.15, -0.1) is 0 Å². The normalized spacial score (nSPS) is 16.5. The number of nitrogens with zero attached hydrogens (tertiary/aromatic N) is 2. The third kappa shape index (κ3) is 2.27. The van der Waals surface area contributed by atoms with Crippen LogP contribution in [0.2, 0.25) is 0 Å². The maximum absolute atomic E-state index is 12.6. The van der Waals surface area contributed by atoms with Crippen LogP contribution in [0.3, 0.4) is 0 Å². The molecule has 1 amide bonds. The highest BCUT2D eigenvalue weighted by atomic mass is 16.5. The van der Waals surface area contributed by atoms with Crippen molar-refractivity contribution in [2.75, 3.05) is 12.4 Å². The molecule has 126 valence electrons.